The van der Waals surface area contributed by atoms with Crippen LogP contribution >= 0.6 is 0 Å². The van der Waals surface area contributed by atoms with Crippen LogP contribution in [0, 0.1) is 0 Å². The van der Waals surface area contributed by atoms with Crippen molar-refractivity contribution in [1.82, 2.24) is 9.80 Å². The molecule has 2 fully saturated rings. The lowest BCUT2D eigenvalue weighted by Gasteiger charge is -2.25. The van der Waals surface area contributed by atoms with E-state index in [1.807, 2.05) is 9.80 Å². The van der Waals surface area contributed by atoms with Crippen LogP contribution in [-0.2, 0) is 9.59 Å². The molecule has 2 aliphatic rings. The third-order valence-corrected chi connectivity index (χ3v) is 6.38. The van der Waals surface area contributed by atoms with E-state index in [2.05, 4.69) is 0 Å². The normalized spacial score (nSPS) is 16.7. The van der Waals surface area contributed by atoms with Gasteiger partial charge in [-0.15, -0.1) is 0 Å². The van der Waals surface area contributed by atoms with Gasteiger partial charge in [-0.05, 0) is 87.1 Å². The molecule has 0 aliphatic carbocycles. The summed E-state index contributed by atoms with van der Waals surface area (Å²) in [4.78, 5) is 28.5. The van der Waals surface area contributed by atoms with Gasteiger partial charge in [-0.3, -0.25) is 9.59 Å². The lowest BCUT2D eigenvalue weighted by Crippen LogP contribution is -2.34. The van der Waals surface area contributed by atoms with Crippen molar-refractivity contribution >= 4 is 24.0 Å². The minimum absolute atomic E-state index is 0.0468. The third-order valence-electron chi connectivity index (χ3n) is 6.38. The van der Waals surface area contributed by atoms with E-state index >= 15 is 0 Å². The van der Waals surface area contributed by atoms with Crippen LogP contribution in [0.1, 0.15) is 49.7 Å². The fourth-order valence-electron chi connectivity index (χ4n) is 4.36. The third kappa shape index (κ3) is 6.66. The first-order chi connectivity index (χ1) is 17.0. The summed E-state index contributed by atoms with van der Waals surface area (Å²) in [6, 6.07) is 9.58. The number of amides is 2. The first kappa shape index (κ1) is 24.4. The number of likely N-dealkylation sites (tertiary alicyclic amines) is 2. The van der Waals surface area contributed by atoms with Crippen LogP contribution in [0.2, 0.25) is 0 Å². The largest absolute Gasteiger partial charge is 0.507 e. The molecule has 2 amide bonds. The highest BCUT2D eigenvalue weighted by atomic mass is 16.5. The highest BCUT2D eigenvalue weighted by Gasteiger charge is 2.15. The van der Waals surface area contributed by atoms with Crippen molar-refractivity contribution in [1.29, 1.82) is 0 Å². The molecule has 0 spiro atoms. The molecule has 0 atom stereocenters. The zero-order valence-corrected chi connectivity index (χ0v) is 19.9. The van der Waals surface area contributed by atoms with Crippen LogP contribution in [-0.4, -0.2) is 58.0 Å². The molecule has 2 aromatic rings. The topological polar surface area (TPSA) is 90.3 Å². The fourth-order valence-corrected chi connectivity index (χ4v) is 4.36. The maximum atomic E-state index is 12.4. The molecule has 2 aromatic carbocycles. The summed E-state index contributed by atoms with van der Waals surface area (Å²) < 4.78 is 5.94. The zero-order chi connectivity index (χ0) is 24.6. The number of carbonyl (C=O) groups excluding carboxylic acids is 2. The Labute approximate surface area is 205 Å². The minimum Gasteiger partial charge on any atom is -0.507 e. The molecule has 2 saturated heterocycles. The number of piperidine rings is 2. The number of carbonyl (C=O) groups is 2. The van der Waals surface area contributed by atoms with E-state index in [0.29, 0.717) is 22.6 Å². The van der Waals surface area contributed by atoms with Crippen molar-refractivity contribution in [2.75, 3.05) is 26.2 Å². The van der Waals surface area contributed by atoms with Crippen LogP contribution in [0.25, 0.3) is 12.2 Å². The number of nitrogens with zero attached hydrogens (tertiary/aromatic N) is 2. The van der Waals surface area contributed by atoms with Gasteiger partial charge in [-0.25, -0.2) is 0 Å². The summed E-state index contributed by atoms with van der Waals surface area (Å²) >= 11 is 0. The molecule has 0 aromatic heterocycles. The van der Waals surface area contributed by atoms with Gasteiger partial charge >= 0.3 is 0 Å². The molecule has 7 nitrogen and oxygen atoms in total. The van der Waals surface area contributed by atoms with Gasteiger partial charge in [-0.1, -0.05) is 0 Å². The highest BCUT2D eigenvalue weighted by molar-refractivity contribution is 5.93. The van der Waals surface area contributed by atoms with E-state index in [4.69, 9.17) is 4.74 Å². The van der Waals surface area contributed by atoms with Crippen molar-refractivity contribution in [2.45, 2.75) is 38.5 Å². The van der Waals surface area contributed by atoms with Crippen molar-refractivity contribution in [3.05, 3.63) is 59.7 Å². The summed E-state index contributed by atoms with van der Waals surface area (Å²) in [7, 11) is 0. The van der Waals surface area contributed by atoms with Crippen molar-refractivity contribution in [3.63, 3.8) is 0 Å². The molecule has 2 N–H and O–H groups in total. The molecule has 0 unspecified atom stereocenters. The van der Waals surface area contributed by atoms with Crippen LogP contribution in [0.15, 0.2) is 48.6 Å². The molecule has 2 heterocycles. The first-order valence-corrected chi connectivity index (χ1v) is 12.3. The number of hydrogen-bond acceptors (Lipinski definition) is 5. The van der Waals surface area contributed by atoms with Crippen LogP contribution in [0.4, 0.5) is 0 Å². The molecule has 0 radical (unpaired) electrons. The van der Waals surface area contributed by atoms with Gasteiger partial charge in [0.25, 0.3) is 0 Å². The minimum atomic E-state index is -0.0653. The van der Waals surface area contributed by atoms with Crippen LogP contribution in [0.3, 0.4) is 0 Å². The van der Waals surface area contributed by atoms with Gasteiger partial charge in [0, 0.05) is 49.5 Å². The van der Waals surface area contributed by atoms with Crippen molar-refractivity contribution in [3.8, 4) is 23.0 Å². The Morgan fingerprint density at radius 1 is 0.657 bits per heavy atom. The standard InChI is InChI=1S/C28H32N2O5/c31-25-11-9-23(19-21(25)7-13-27(33)29-15-3-1-4-16-29)35-24-10-12-26(32)22(20-24)8-14-28(34)30-17-5-2-6-18-30/h7-14,19-20,31-32H,1-6,15-18H2/b13-7+,14-8+. The SMILES string of the molecule is O=C(/C=C/c1cc(Oc2ccc(O)c(/C=C/C(=O)N3CCCCC3)c2)ccc1O)N1CCCCC1. The second-order valence-electron chi connectivity index (χ2n) is 8.98. The average molecular weight is 477 g/mol. The van der Waals surface area contributed by atoms with Crippen molar-refractivity contribution < 1.29 is 24.5 Å². The number of ether oxygens (including phenoxy) is 1. The molecule has 7 heteroatoms. The maximum absolute atomic E-state index is 12.4. The molecule has 2 aliphatic heterocycles. The van der Waals surface area contributed by atoms with E-state index in [-0.39, 0.29) is 23.3 Å². The van der Waals surface area contributed by atoms with E-state index < -0.39 is 0 Å². The summed E-state index contributed by atoms with van der Waals surface area (Å²) in [5, 5.41) is 20.4. The predicted molar refractivity (Wildman–Crippen MR) is 135 cm³/mol. The Balaban J connectivity index is 1.44. The average Bonchev–Trinajstić information content (AvgIpc) is 2.90. The molecule has 184 valence electrons. The molecular weight excluding hydrogens is 444 g/mol. The van der Waals surface area contributed by atoms with Crippen molar-refractivity contribution in [2.24, 2.45) is 0 Å². The number of benzene rings is 2. The van der Waals surface area contributed by atoms with Gasteiger partial charge in [0.05, 0.1) is 0 Å². The van der Waals surface area contributed by atoms with Gasteiger partial charge in [-0.2, -0.15) is 0 Å². The van der Waals surface area contributed by atoms with Crippen LogP contribution < -0.4 is 4.74 Å². The monoisotopic (exact) mass is 476 g/mol. The molecule has 0 bridgehead atoms. The molecule has 35 heavy (non-hydrogen) atoms. The van der Waals surface area contributed by atoms with Gasteiger partial charge in [0.2, 0.25) is 11.8 Å². The quantitative estimate of drug-likeness (QED) is 0.577. The summed E-state index contributed by atoms with van der Waals surface area (Å²) in [5.74, 6) is 0.904. The second kappa shape index (κ2) is 11.6. The molecule has 0 saturated carbocycles. The number of phenols is 2. The van der Waals surface area contributed by atoms with Gasteiger partial charge < -0.3 is 24.7 Å². The Morgan fingerprint density at radius 3 is 1.46 bits per heavy atom. The van der Waals surface area contributed by atoms with E-state index in [1.165, 1.54) is 24.3 Å². The Kier molecular flexibility index (Phi) is 8.08. The number of phenolic OH excluding ortho intramolecular Hbond substituents is 2. The maximum Gasteiger partial charge on any atom is 0.246 e. The van der Waals surface area contributed by atoms with E-state index in [0.717, 1.165) is 64.7 Å². The lowest BCUT2D eigenvalue weighted by atomic mass is 10.1. The zero-order valence-electron chi connectivity index (χ0n) is 19.9. The van der Waals surface area contributed by atoms with Gasteiger partial charge in [0.1, 0.15) is 23.0 Å². The lowest BCUT2D eigenvalue weighted by molar-refractivity contribution is -0.127. The summed E-state index contributed by atoms with van der Waals surface area (Å²) in [6.07, 6.45) is 12.5. The number of hydrogen-bond donors (Lipinski definition) is 2. The van der Waals surface area contributed by atoms with E-state index in [1.54, 1.807) is 36.4 Å². The fraction of sp³-hybridized carbons (Fsp3) is 0.357. The summed E-state index contributed by atoms with van der Waals surface area (Å²) in [5.41, 5.74) is 0.942. The number of rotatable bonds is 6. The van der Waals surface area contributed by atoms with E-state index in [9.17, 15) is 19.8 Å². The smallest absolute Gasteiger partial charge is 0.246 e. The van der Waals surface area contributed by atoms with Crippen LogP contribution in [0.5, 0.6) is 23.0 Å². The predicted octanol–water partition coefficient (Wildman–Crippen LogP) is 4.94. The second-order valence-corrected chi connectivity index (χ2v) is 8.98. The molecule has 4 rings (SSSR count). The Morgan fingerprint density at radius 2 is 1.06 bits per heavy atom. The first-order valence-electron chi connectivity index (χ1n) is 12.3. The molecular formula is C28H32N2O5. The number of aromatic hydroxyl groups is 2. The summed E-state index contributed by atoms with van der Waals surface area (Å²) in [6.45, 7) is 3.05. The Bertz CT molecular complexity index is 1020. The Hall–Kier alpha value is -3.74. The van der Waals surface area contributed by atoms with Gasteiger partial charge in [0.15, 0.2) is 0 Å². The highest BCUT2D eigenvalue weighted by Crippen LogP contribution is 2.31.